The van der Waals surface area contributed by atoms with Crippen LogP contribution in [0, 0.1) is 27.8 Å². The Morgan fingerprint density at radius 2 is 2.00 bits per heavy atom. The molecule has 1 atom stereocenters. The fraction of sp³-hybridized carbons (Fsp3) is 0.529. The van der Waals surface area contributed by atoms with Gasteiger partial charge >= 0.3 is 5.69 Å². The molecule has 0 N–H and O–H groups in total. The van der Waals surface area contributed by atoms with E-state index in [1.165, 1.54) is 11.0 Å². The van der Waals surface area contributed by atoms with Crippen molar-refractivity contribution in [2.45, 2.75) is 26.2 Å². The Bertz CT molecular complexity index is 716. The topological polar surface area (TPSA) is 83.8 Å². The number of likely N-dealkylation sites (tertiary alicyclic amines) is 1. The van der Waals surface area contributed by atoms with Gasteiger partial charge < -0.3 is 9.80 Å². The molecular weight excluding hydrogens is 329 g/mol. The van der Waals surface area contributed by atoms with Crippen molar-refractivity contribution in [3.63, 3.8) is 0 Å². The summed E-state index contributed by atoms with van der Waals surface area (Å²) in [5.74, 6) is -1.12. The highest BCUT2D eigenvalue weighted by Crippen LogP contribution is 2.31. The van der Waals surface area contributed by atoms with Crippen molar-refractivity contribution in [1.82, 2.24) is 4.90 Å². The van der Waals surface area contributed by atoms with E-state index in [9.17, 15) is 24.1 Å². The summed E-state index contributed by atoms with van der Waals surface area (Å²) < 4.78 is 13.5. The highest BCUT2D eigenvalue weighted by molar-refractivity contribution is 6.00. The molecule has 1 aromatic carbocycles. The number of halogens is 1. The molecule has 0 radical (unpaired) electrons. The molecular formula is C17H20FN3O4. The van der Waals surface area contributed by atoms with Crippen molar-refractivity contribution >= 4 is 23.2 Å². The van der Waals surface area contributed by atoms with E-state index in [1.54, 1.807) is 4.90 Å². The van der Waals surface area contributed by atoms with Gasteiger partial charge in [0.1, 0.15) is 0 Å². The number of hydrogen-bond donors (Lipinski definition) is 0. The minimum absolute atomic E-state index is 0.0423. The van der Waals surface area contributed by atoms with Gasteiger partial charge in [-0.2, -0.15) is 4.39 Å². The number of rotatable bonds is 3. The first-order valence-corrected chi connectivity index (χ1v) is 8.40. The van der Waals surface area contributed by atoms with Crippen LogP contribution < -0.4 is 4.90 Å². The number of anilines is 1. The third-order valence-electron chi connectivity index (χ3n) is 5.01. The molecule has 0 saturated carbocycles. The van der Waals surface area contributed by atoms with E-state index in [1.807, 2.05) is 0 Å². The number of carbonyl (C=O) groups is 2. The zero-order chi connectivity index (χ0) is 18.1. The summed E-state index contributed by atoms with van der Waals surface area (Å²) >= 11 is 0. The second kappa shape index (κ2) is 6.78. The van der Waals surface area contributed by atoms with Gasteiger partial charge in [0, 0.05) is 32.1 Å². The van der Waals surface area contributed by atoms with Crippen molar-refractivity contribution in [1.29, 1.82) is 0 Å². The van der Waals surface area contributed by atoms with Gasteiger partial charge in [-0.3, -0.25) is 19.7 Å². The minimum Gasteiger partial charge on any atom is -0.342 e. The van der Waals surface area contributed by atoms with Crippen LogP contribution >= 0.6 is 0 Å². The molecule has 7 nitrogen and oxygen atoms in total. The number of nitro benzene ring substituents is 1. The average Bonchev–Trinajstić information content (AvgIpc) is 2.97. The van der Waals surface area contributed by atoms with Gasteiger partial charge in [-0.15, -0.1) is 0 Å². The first-order chi connectivity index (χ1) is 11.9. The fourth-order valence-electron chi connectivity index (χ4n) is 3.42. The lowest BCUT2D eigenvalue weighted by atomic mass is 9.97. The second-order valence-corrected chi connectivity index (χ2v) is 6.81. The van der Waals surface area contributed by atoms with Crippen LogP contribution in [0.4, 0.5) is 15.8 Å². The zero-order valence-corrected chi connectivity index (χ0v) is 14.0. The van der Waals surface area contributed by atoms with Crippen LogP contribution in [0.15, 0.2) is 18.2 Å². The minimum atomic E-state index is -0.949. The number of benzene rings is 1. The maximum Gasteiger partial charge on any atom is 0.306 e. The highest BCUT2D eigenvalue weighted by atomic mass is 19.1. The molecule has 25 heavy (non-hydrogen) atoms. The Morgan fingerprint density at radius 3 is 2.64 bits per heavy atom. The molecule has 0 aromatic heterocycles. The van der Waals surface area contributed by atoms with Crippen LogP contribution in [0.3, 0.4) is 0 Å². The molecule has 8 heteroatoms. The summed E-state index contributed by atoms with van der Waals surface area (Å²) in [5, 5.41) is 10.9. The number of nitro groups is 1. The van der Waals surface area contributed by atoms with Gasteiger partial charge in [0.2, 0.25) is 17.6 Å². The van der Waals surface area contributed by atoms with Crippen LogP contribution in [-0.4, -0.2) is 41.3 Å². The lowest BCUT2D eigenvalue weighted by Gasteiger charge is -2.32. The molecule has 2 amide bonds. The van der Waals surface area contributed by atoms with E-state index < -0.39 is 22.3 Å². The number of carbonyl (C=O) groups excluding carboxylic acids is 2. The Balaban J connectivity index is 1.73. The highest BCUT2D eigenvalue weighted by Gasteiger charge is 2.38. The van der Waals surface area contributed by atoms with Gasteiger partial charge in [-0.05, 0) is 30.9 Å². The van der Waals surface area contributed by atoms with E-state index in [0.29, 0.717) is 19.0 Å². The Labute approximate surface area is 144 Å². The van der Waals surface area contributed by atoms with Crippen LogP contribution in [-0.2, 0) is 9.59 Å². The summed E-state index contributed by atoms with van der Waals surface area (Å²) in [7, 11) is 0. The molecule has 2 aliphatic rings. The van der Waals surface area contributed by atoms with E-state index in [2.05, 4.69) is 6.92 Å². The predicted octanol–water partition coefficient (Wildman–Crippen LogP) is 2.35. The quantitative estimate of drug-likeness (QED) is 0.619. The smallest absolute Gasteiger partial charge is 0.306 e. The lowest BCUT2D eigenvalue weighted by molar-refractivity contribution is -0.387. The largest absolute Gasteiger partial charge is 0.342 e. The summed E-state index contributed by atoms with van der Waals surface area (Å²) in [6, 6.07) is 3.35. The molecule has 0 bridgehead atoms. The van der Waals surface area contributed by atoms with E-state index >= 15 is 0 Å². The molecule has 2 aliphatic heterocycles. The van der Waals surface area contributed by atoms with Gasteiger partial charge in [-0.1, -0.05) is 6.92 Å². The Morgan fingerprint density at radius 1 is 1.32 bits per heavy atom. The average molecular weight is 349 g/mol. The van der Waals surface area contributed by atoms with Crippen molar-refractivity contribution in [2.24, 2.45) is 11.8 Å². The molecule has 2 heterocycles. The molecule has 3 rings (SSSR count). The lowest BCUT2D eigenvalue weighted by Crippen LogP contribution is -2.42. The number of piperidine rings is 1. The number of nitrogens with zero attached hydrogens (tertiary/aromatic N) is 3. The third-order valence-corrected chi connectivity index (χ3v) is 5.01. The standard InChI is InChI=1S/C17H20FN3O4/c1-11-4-6-19(7-5-11)17(23)12-8-16(22)20(10-12)13-2-3-14(18)15(9-13)21(24)25/h2-3,9,11-12H,4-8,10H2,1H3. The summed E-state index contributed by atoms with van der Waals surface area (Å²) in [6.45, 7) is 3.73. The third kappa shape index (κ3) is 3.47. The second-order valence-electron chi connectivity index (χ2n) is 6.81. The van der Waals surface area contributed by atoms with Crippen LogP contribution in [0.5, 0.6) is 0 Å². The Kier molecular flexibility index (Phi) is 4.69. The maximum absolute atomic E-state index is 13.5. The van der Waals surface area contributed by atoms with Crippen molar-refractivity contribution in [3.8, 4) is 0 Å². The molecule has 1 unspecified atom stereocenters. The normalized spacial score (nSPS) is 21.7. The van der Waals surface area contributed by atoms with Gasteiger partial charge in [0.05, 0.1) is 16.5 Å². The van der Waals surface area contributed by atoms with Crippen molar-refractivity contribution < 1.29 is 18.9 Å². The molecule has 134 valence electrons. The summed E-state index contributed by atoms with van der Waals surface area (Å²) in [4.78, 5) is 38.1. The number of hydrogen-bond acceptors (Lipinski definition) is 4. The summed E-state index contributed by atoms with van der Waals surface area (Å²) in [5.41, 5.74) is -0.425. The van der Waals surface area contributed by atoms with Gasteiger partial charge in [0.25, 0.3) is 0 Å². The maximum atomic E-state index is 13.5. The Hall–Kier alpha value is -2.51. The SMILES string of the molecule is CC1CCN(C(=O)C2CC(=O)N(c3ccc(F)c([N+](=O)[O-])c3)C2)CC1. The van der Waals surface area contributed by atoms with Gasteiger partial charge in [-0.25, -0.2) is 0 Å². The zero-order valence-electron chi connectivity index (χ0n) is 14.0. The van der Waals surface area contributed by atoms with Crippen molar-refractivity contribution in [3.05, 3.63) is 34.1 Å². The molecule has 0 aliphatic carbocycles. The first kappa shape index (κ1) is 17.3. The first-order valence-electron chi connectivity index (χ1n) is 8.40. The summed E-state index contributed by atoms with van der Waals surface area (Å²) in [6.07, 6.45) is 2.00. The van der Waals surface area contributed by atoms with Crippen LogP contribution in [0.25, 0.3) is 0 Å². The fourth-order valence-corrected chi connectivity index (χ4v) is 3.42. The van der Waals surface area contributed by atoms with E-state index in [4.69, 9.17) is 0 Å². The van der Waals surface area contributed by atoms with Gasteiger partial charge in [0.15, 0.2) is 0 Å². The molecule has 2 fully saturated rings. The number of amides is 2. The van der Waals surface area contributed by atoms with Crippen molar-refractivity contribution in [2.75, 3.05) is 24.5 Å². The molecule has 2 saturated heterocycles. The monoisotopic (exact) mass is 349 g/mol. The molecule has 0 spiro atoms. The van der Waals surface area contributed by atoms with Crippen LogP contribution in [0.2, 0.25) is 0 Å². The predicted molar refractivity (Wildman–Crippen MR) is 88.5 cm³/mol. The van der Waals surface area contributed by atoms with Crippen LogP contribution in [0.1, 0.15) is 26.2 Å². The van der Waals surface area contributed by atoms with E-state index in [-0.39, 0.29) is 30.5 Å². The van der Waals surface area contributed by atoms with E-state index in [0.717, 1.165) is 25.0 Å². The molecule has 1 aromatic rings.